The average Bonchev–Trinajstić information content (AvgIpc) is 3.22. The maximum atomic E-state index is 12.8. The van der Waals surface area contributed by atoms with Gasteiger partial charge in [-0.3, -0.25) is 4.79 Å². The number of alkyl carbamates (subject to hydrolysis) is 1. The number of likely N-dealkylation sites (tertiary alicyclic amines) is 1. The van der Waals surface area contributed by atoms with Crippen molar-refractivity contribution in [1.82, 2.24) is 15.5 Å². The standard InChI is InChI=1S/C25H40N4O3/c1-2-3-4-5-6-10-32-23(31)28-25-14-19-11-20(15-25)13-24(12-19,18-25)27-17-22(30)29-9-7-8-21(29)16-26/h19-21,27H,2-15,17-18H2,1H3,(H,28,31). The number of unbranched alkanes of at least 4 members (excludes halogenated alkanes) is 4. The minimum absolute atomic E-state index is 0.0364. The minimum atomic E-state index is -0.275. The van der Waals surface area contributed by atoms with Gasteiger partial charge in [0.2, 0.25) is 5.91 Å². The third kappa shape index (κ3) is 5.22. The Morgan fingerprint density at radius 3 is 2.53 bits per heavy atom. The fourth-order valence-corrected chi connectivity index (χ4v) is 7.30. The molecule has 0 aromatic heterocycles. The van der Waals surface area contributed by atoms with Crippen molar-refractivity contribution in [3.63, 3.8) is 0 Å². The Hall–Kier alpha value is -1.81. The van der Waals surface area contributed by atoms with Crippen molar-refractivity contribution in [2.24, 2.45) is 11.8 Å². The molecule has 2 N–H and O–H groups in total. The number of nitrogens with one attached hydrogen (secondary N) is 2. The summed E-state index contributed by atoms with van der Waals surface area (Å²) < 4.78 is 5.52. The molecule has 3 unspecified atom stereocenters. The van der Waals surface area contributed by atoms with Crippen molar-refractivity contribution < 1.29 is 14.3 Å². The Kier molecular flexibility index (Phi) is 7.29. The molecule has 7 nitrogen and oxygen atoms in total. The molecule has 1 aliphatic heterocycles. The van der Waals surface area contributed by atoms with Crippen molar-refractivity contribution in [2.75, 3.05) is 19.7 Å². The lowest BCUT2D eigenvalue weighted by Gasteiger charge is -2.62. The SMILES string of the molecule is CCCCCCCOC(=O)NC12CC3CC(CC(NCC(=O)N4CCCC4C#N)(C3)C1)C2. The zero-order chi connectivity index (χ0) is 22.6. The van der Waals surface area contributed by atoms with E-state index in [1.165, 1.54) is 25.7 Å². The second-order valence-electron chi connectivity index (χ2n) is 10.9. The van der Waals surface area contributed by atoms with Crippen LogP contribution in [0.25, 0.3) is 0 Å². The number of hydrogen-bond donors (Lipinski definition) is 2. The third-order valence-corrected chi connectivity index (χ3v) is 8.25. The Morgan fingerprint density at radius 1 is 1.09 bits per heavy atom. The van der Waals surface area contributed by atoms with E-state index in [0.717, 1.165) is 57.8 Å². The molecule has 4 bridgehead atoms. The summed E-state index contributed by atoms with van der Waals surface area (Å²) >= 11 is 0. The first-order chi connectivity index (χ1) is 15.5. The van der Waals surface area contributed by atoms with Gasteiger partial charge in [-0.15, -0.1) is 0 Å². The zero-order valence-electron chi connectivity index (χ0n) is 19.7. The third-order valence-electron chi connectivity index (χ3n) is 8.25. The molecule has 4 saturated carbocycles. The summed E-state index contributed by atoms with van der Waals surface area (Å²) in [6.07, 6.45) is 13.4. The Morgan fingerprint density at radius 2 is 1.81 bits per heavy atom. The Balaban J connectivity index is 1.30. The van der Waals surface area contributed by atoms with Gasteiger partial charge in [-0.05, 0) is 69.6 Å². The summed E-state index contributed by atoms with van der Waals surface area (Å²) in [7, 11) is 0. The summed E-state index contributed by atoms with van der Waals surface area (Å²) in [5, 5.41) is 16.2. The fourth-order valence-electron chi connectivity index (χ4n) is 7.30. The van der Waals surface area contributed by atoms with Gasteiger partial charge < -0.3 is 20.3 Å². The first-order valence-corrected chi connectivity index (χ1v) is 12.9. The van der Waals surface area contributed by atoms with Gasteiger partial charge in [-0.2, -0.15) is 5.26 Å². The van der Waals surface area contributed by atoms with E-state index >= 15 is 0 Å². The molecule has 1 heterocycles. The lowest BCUT2D eigenvalue weighted by molar-refractivity contribution is -0.131. The van der Waals surface area contributed by atoms with Crippen LogP contribution in [0.4, 0.5) is 4.79 Å². The highest BCUT2D eigenvalue weighted by atomic mass is 16.5. The quantitative estimate of drug-likeness (QED) is 0.499. The second-order valence-corrected chi connectivity index (χ2v) is 10.9. The fraction of sp³-hybridized carbons (Fsp3) is 0.880. The number of nitrogens with zero attached hydrogens (tertiary/aromatic N) is 2. The van der Waals surface area contributed by atoms with Crippen LogP contribution in [-0.2, 0) is 9.53 Å². The van der Waals surface area contributed by atoms with Crippen LogP contribution in [0.15, 0.2) is 0 Å². The predicted octanol–water partition coefficient (Wildman–Crippen LogP) is 3.88. The van der Waals surface area contributed by atoms with Crippen LogP contribution in [0.5, 0.6) is 0 Å². The molecular weight excluding hydrogens is 404 g/mol. The van der Waals surface area contributed by atoms with Gasteiger partial charge in [-0.1, -0.05) is 32.6 Å². The highest BCUT2D eigenvalue weighted by Crippen LogP contribution is 2.57. The zero-order valence-corrected chi connectivity index (χ0v) is 19.7. The summed E-state index contributed by atoms with van der Waals surface area (Å²) in [6, 6.07) is 1.99. The smallest absolute Gasteiger partial charge is 0.407 e. The molecular formula is C25H40N4O3. The van der Waals surface area contributed by atoms with Crippen LogP contribution in [0, 0.1) is 23.2 Å². The topological polar surface area (TPSA) is 94.5 Å². The van der Waals surface area contributed by atoms with E-state index in [1.54, 1.807) is 4.90 Å². The largest absolute Gasteiger partial charge is 0.450 e. The normalized spacial score (nSPS) is 35.0. The molecule has 5 rings (SSSR count). The first kappa shape index (κ1) is 23.4. The molecule has 5 aliphatic rings. The van der Waals surface area contributed by atoms with E-state index in [1.807, 2.05) is 0 Å². The van der Waals surface area contributed by atoms with Crippen LogP contribution in [0.1, 0.15) is 90.4 Å². The van der Waals surface area contributed by atoms with Gasteiger partial charge in [-0.25, -0.2) is 4.79 Å². The van der Waals surface area contributed by atoms with E-state index in [9.17, 15) is 14.9 Å². The van der Waals surface area contributed by atoms with Gasteiger partial charge in [0.15, 0.2) is 0 Å². The number of ether oxygens (including phenoxy) is 1. The summed E-state index contributed by atoms with van der Waals surface area (Å²) in [5.74, 6) is 1.22. The molecule has 0 spiro atoms. The van der Waals surface area contributed by atoms with Crippen molar-refractivity contribution in [1.29, 1.82) is 5.26 Å². The average molecular weight is 445 g/mol. The molecule has 7 heteroatoms. The van der Waals surface area contributed by atoms with Crippen molar-refractivity contribution in [2.45, 2.75) is 108 Å². The van der Waals surface area contributed by atoms with Gasteiger partial charge >= 0.3 is 6.09 Å². The van der Waals surface area contributed by atoms with Crippen LogP contribution in [0.2, 0.25) is 0 Å². The highest BCUT2D eigenvalue weighted by molar-refractivity contribution is 5.79. The van der Waals surface area contributed by atoms with E-state index in [2.05, 4.69) is 23.6 Å². The maximum absolute atomic E-state index is 12.8. The number of carbonyl (C=O) groups is 2. The molecule has 5 fully saturated rings. The van der Waals surface area contributed by atoms with Gasteiger partial charge in [0.1, 0.15) is 6.04 Å². The van der Waals surface area contributed by atoms with Gasteiger partial charge in [0, 0.05) is 17.6 Å². The monoisotopic (exact) mass is 444 g/mol. The summed E-state index contributed by atoms with van der Waals surface area (Å²) in [4.78, 5) is 27.1. The molecule has 178 valence electrons. The van der Waals surface area contributed by atoms with Crippen LogP contribution >= 0.6 is 0 Å². The van der Waals surface area contributed by atoms with Crippen LogP contribution < -0.4 is 10.6 Å². The number of carbonyl (C=O) groups excluding carboxylic acids is 2. The molecule has 32 heavy (non-hydrogen) atoms. The van der Waals surface area contributed by atoms with Crippen LogP contribution in [0.3, 0.4) is 0 Å². The van der Waals surface area contributed by atoms with Crippen molar-refractivity contribution in [3.8, 4) is 6.07 Å². The van der Waals surface area contributed by atoms with Crippen molar-refractivity contribution in [3.05, 3.63) is 0 Å². The molecule has 4 aliphatic carbocycles. The molecule has 2 amide bonds. The maximum Gasteiger partial charge on any atom is 0.407 e. The van der Waals surface area contributed by atoms with Gasteiger partial charge in [0.25, 0.3) is 0 Å². The Bertz CT molecular complexity index is 719. The minimum Gasteiger partial charge on any atom is -0.450 e. The highest BCUT2D eigenvalue weighted by Gasteiger charge is 2.58. The first-order valence-electron chi connectivity index (χ1n) is 12.9. The van der Waals surface area contributed by atoms with Crippen LogP contribution in [-0.4, -0.2) is 53.7 Å². The number of amides is 2. The van der Waals surface area contributed by atoms with E-state index in [0.29, 0.717) is 25.0 Å². The van der Waals surface area contributed by atoms with E-state index in [4.69, 9.17) is 4.74 Å². The molecule has 3 atom stereocenters. The lowest BCUT2D eigenvalue weighted by Crippen LogP contribution is -2.69. The molecule has 1 saturated heterocycles. The number of hydrogen-bond acceptors (Lipinski definition) is 5. The molecule has 0 aromatic carbocycles. The summed E-state index contributed by atoms with van der Waals surface area (Å²) in [6.45, 7) is 3.66. The van der Waals surface area contributed by atoms with Crippen molar-refractivity contribution >= 4 is 12.0 Å². The predicted molar refractivity (Wildman–Crippen MR) is 122 cm³/mol. The summed E-state index contributed by atoms with van der Waals surface area (Å²) in [5.41, 5.74) is -0.294. The van der Waals surface area contributed by atoms with Gasteiger partial charge in [0.05, 0.1) is 19.2 Å². The Labute approximate surface area is 192 Å². The van der Waals surface area contributed by atoms with E-state index in [-0.39, 0.29) is 35.7 Å². The number of nitriles is 1. The lowest BCUT2D eigenvalue weighted by atomic mass is 9.50. The number of rotatable bonds is 10. The molecule has 0 aromatic rings. The molecule has 0 radical (unpaired) electrons. The second kappa shape index (κ2) is 9.99. The van der Waals surface area contributed by atoms with E-state index < -0.39 is 0 Å².